The van der Waals surface area contributed by atoms with Gasteiger partial charge in [0.15, 0.2) is 0 Å². The smallest absolute Gasteiger partial charge is 0.211 e. The molecule has 1 aliphatic rings. The van der Waals surface area contributed by atoms with Gasteiger partial charge in [-0.25, -0.2) is 13.6 Å². The van der Waals surface area contributed by atoms with Crippen LogP contribution in [0.15, 0.2) is 0 Å². The van der Waals surface area contributed by atoms with Crippen LogP contribution in [0, 0.1) is 0 Å². The Morgan fingerprint density at radius 3 is 2.00 bits per heavy atom. The van der Waals surface area contributed by atoms with Gasteiger partial charge in [-0.2, -0.15) is 0 Å². The summed E-state index contributed by atoms with van der Waals surface area (Å²) in [5, 5.41) is 4.81. The number of hydrogen-bond donors (Lipinski definition) is 1. The van der Waals surface area contributed by atoms with Crippen molar-refractivity contribution in [3.63, 3.8) is 0 Å². The van der Waals surface area contributed by atoms with Gasteiger partial charge in [0.2, 0.25) is 10.0 Å². The largest absolute Gasteiger partial charge is 0.304 e. The van der Waals surface area contributed by atoms with Crippen molar-refractivity contribution in [2.45, 2.75) is 43.4 Å². The van der Waals surface area contributed by atoms with Crippen molar-refractivity contribution in [1.82, 2.24) is 4.90 Å². The van der Waals surface area contributed by atoms with Crippen molar-refractivity contribution in [2.75, 3.05) is 14.1 Å². The first-order valence-electron chi connectivity index (χ1n) is 4.95. The molecule has 0 amide bonds. The summed E-state index contributed by atoms with van der Waals surface area (Å²) < 4.78 is 22.3. The minimum absolute atomic E-state index is 0.140. The van der Waals surface area contributed by atoms with Gasteiger partial charge in [-0.15, -0.1) is 0 Å². The van der Waals surface area contributed by atoms with Crippen LogP contribution in [-0.4, -0.2) is 38.2 Å². The van der Waals surface area contributed by atoms with Crippen molar-refractivity contribution in [3.05, 3.63) is 0 Å². The molecule has 0 aromatic rings. The highest BCUT2D eigenvalue weighted by molar-refractivity contribution is 7.89. The highest BCUT2D eigenvalue weighted by Crippen LogP contribution is 2.33. The fourth-order valence-corrected chi connectivity index (χ4v) is 2.88. The van der Waals surface area contributed by atoms with Gasteiger partial charge in [0.1, 0.15) is 0 Å². The highest BCUT2D eigenvalue weighted by atomic mass is 32.2. The van der Waals surface area contributed by atoms with Gasteiger partial charge in [-0.1, -0.05) is 0 Å². The van der Waals surface area contributed by atoms with Gasteiger partial charge in [0, 0.05) is 5.54 Å². The highest BCUT2D eigenvalue weighted by Gasteiger charge is 2.36. The van der Waals surface area contributed by atoms with E-state index in [1.165, 1.54) is 0 Å². The maximum Gasteiger partial charge on any atom is 0.211 e. The van der Waals surface area contributed by atoms with E-state index in [9.17, 15) is 8.42 Å². The van der Waals surface area contributed by atoms with Crippen LogP contribution in [0.2, 0.25) is 0 Å². The zero-order valence-corrected chi connectivity index (χ0v) is 9.97. The van der Waals surface area contributed by atoms with E-state index in [0.29, 0.717) is 12.8 Å². The molecule has 4 nitrogen and oxygen atoms in total. The molecule has 1 saturated carbocycles. The van der Waals surface area contributed by atoms with E-state index < -0.39 is 10.0 Å². The number of nitrogens with two attached hydrogens (primary N) is 1. The summed E-state index contributed by atoms with van der Waals surface area (Å²) >= 11 is 0. The SMILES string of the molecule is CN(C)C1(C)CCC(S(N)(=O)=O)CC1. The Morgan fingerprint density at radius 2 is 1.71 bits per heavy atom. The molecule has 0 spiro atoms. The molecule has 0 aromatic carbocycles. The van der Waals surface area contributed by atoms with E-state index >= 15 is 0 Å². The summed E-state index contributed by atoms with van der Waals surface area (Å²) in [5.41, 5.74) is 0.140. The second-order valence-electron chi connectivity index (χ2n) is 4.68. The first-order chi connectivity index (χ1) is 6.26. The first-order valence-corrected chi connectivity index (χ1v) is 6.56. The molecule has 84 valence electrons. The third-order valence-corrected chi connectivity index (χ3v) is 4.95. The second kappa shape index (κ2) is 3.79. The van der Waals surface area contributed by atoms with Crippen LogP contribution in [0.5, 0.6) is 0 Å². The number of sulfonamides is 1. The van der Waals surface area contributed by atoms with Crippen LogP contribution >= 0.6 is 0 Å². The molecule has 0 atom stereocenters. The number of nitrogens with zero attached hydrogens (tertiary/aromatic N) is 1. The lowest BCUT2D eigenvalue weighted by Gasteiger charge is -2.41. The molecule has 5 heteroatoms. The first kappa shape index (κ1) is 11.9. The number of primary sulfonamides is 1. The van der Waals surface area contributed by atoms with Crippen LogP contribution < -0.4 is 5.14 Å². The fraction of sp³-hybridized carbons (Fsp3) is 1.00. The van der Waals surface area contributed by atoms with Crippen molar-refractivity contribution in [3.8, 4) is 0 Å². The zero-order chi connectivity index (χ0) is 11.0. The Hall–Kier alpha value is -0.130. The molecule has 0 heterocycles. The van der Waals surface area contributed by atoms with Gasteiger partial charge < -0.3 is 4.90 Å². The topological polar surface area (TPSA) is 63.4 Å². The average molecular weight is 220 g/mol. The molecule has 1 fully saturated rings. The summed E-state index contributed by atoms with van der Waals surface area (Å²) in [6.45, 7) is 2.17. The third-order valence-electron chi connectivity index (χ3n) is 3.55. The van der Waals surface area contributed by atoms with Crippen molar-refractivity contribution in [2.24, 2.45) is 5.14 Å². The summed E-state index contributed by atoms with van der Waals surface area (Å²) in [7, 11) is 0.758. The lowest BCUT2D eigenvalue weighted by molar-refractivity contribution is 0.121. The molecule has 14 heavy (non-hydrogen) atoms. The van der Waals surface area contributed by atoms with E-state index in [4.69, 9.17) is 5.14 Å². The van der Waals surface area contributed by atoms with Crippen LogP contribution in [0.1, 0.15) is 32.6 Å². The van der Waals surface area contributed by atoms with E-state index in [1.807, 2.05) is 14.1 Å². The lowest BCUT2D eigenvalue weighted by atomic mass is 9.82. The summed E-state index contributed by atoms with van der Waals surface area (Å²) in [4.78, 5) is 2.17. The monoisotopic (exact) mass is 220 g/mol. The van der Waals surface area contributed by atoms with Gasteiger partial charge >= 0.3 is 0 Å². The number of rotatable bonds is 2. The Morgan fingerprint density at radius 1 is 1.29 bits per heavy atom. The van der Waals surface area contributed by atoms with Crippen molar-refractivity contribution >= 4 is 10.0 Å². The normalized spacial score (nSPS) is 34.8. The van der Waals surface area contributed by atoms with Crippen LogP contribution in [0.25, 0.3) is 0 Å². The molecule has 1 rings (SSSR count). The maximum atomic E-state index is 11.1. The second-order valence-corrected chi connectivity index (χ2v) is 6.52. The van der Waals surface area contributed by atoms with E-state index in [1.54, 1.807) is 0 Å². The molecule has 1 aliphatic carbocycles. The Balaban J connectivity index is 2.63. The molecule has 0 unspecified atom stereocenters. The third kappa shape index (κ3) is 2.46. The minimum atomic E-state index is -3.32. The molecule has 0 aliphatic heterocycles. The Labute approximate surface area is 86.5 Å². The summed E-state index contributed by atoms with van der Waals surface area (Å²) in [5.74, 6) is 0. The predicted octanol–water partition coefficient (Wildman–Crippen LogP) is 0.538. The van der Waals surface area contributed by atoms with E-state index in [2.05, 4.69) is 11.8 Å². The van der Waals surface area contributed by atoms with Crippen LogP contribution in [0.3, 0.4) is 0 Å². The molecule has 0 bridgehead atoms. The Kier molecular flexibility index (Phi) is 3.23. The number of hydrogen-bond acceptors (Lipinski definition) is 3. The van der Waals surface area contributed by atoms with Crippen LogP contribution in [0.4, 0.5) is 0 Å². The molecule has 0 saturated heterocycles. The van der Waals surface area contributed by atoms with Crippen molar-refractivity contribution < 1.29 is 8.42 Å². The van der Waals surface area contributed by atoms with Gasteiger partial charge in [-0.3, -0.25) is 0 Å². The average Bonchev–Trinajstić information content (AvgIpc) is 2.03. The van der Waals surface area contributed by atoms with Gasteiger partial charge in [0.05, 0.1) is 5.25 Å². The molecular weight excluding hydrogens is 200 g/mol. The lowest BCUT2D eigenvalue weighted by Crippen LogP contribution is -2.47. The zero-order valence-electron chi connectivity index (χ0n) is 9.16. The van der Waals surface area contributed by atoms with E-state index in [-0.39, 0.29) is 10.8 Å². The molecule has 2 N–H and O–H groups in total. The quantitative estimate of drug-likeness (QED) is 0.738. The van der Waals surface area contributed by atoms with Gasteiger partial charge in [-0.05, 0) is 46.7 Å². The minimum Gasteiger partial charge on any atom is -0.304 e. The van der Waals surface area contributed by atoms with Gasteiger partial charge in [0.25, 0.3) is 0 Å². The summed E-state index contributed by atoms with van der Waals surface area (Å²) in [6.07, 6.45) is 3.18. The van der Waals surface area contributed by atoms with Crippen LogP contribution in [-0.2, 0) is 10.0 Å². The Bertz CT molecular complexity index is 290. The molecule has 0 aromatic heterocycles. The maximum absolute atomic E-state index is 11.1. The van der Waals surface area contributed by atoms with E-state index in [0.717, 1.165) is 12.8 Å². The molecule has 0 radical (unpaired) electrons. The fourth-order valence-electron chi connectivity index (χ4n) is 1.99. The summed E-state index contributed by atoms with van der Waals surface area (Å²) in [6, 6.07) is 0. The van der Waals surface area contributed by atoms with Crippen molar-refractivity contribution in [1.29, 1.82) is 0 Å². The molecular formula is C9H20N2O2S. The predicted molar refractivity (Wildman–Crippen MR) is 57.5 cm³/mol. The standard InChI is InChI=1S/C9H20N2O2S/c1-9(11(2)3)6-4-8(5-7-9)14(10,12)13/h8H,4-7H2,1-3H3,(H2,10,12,13).